The van der Waals surface area contributed by atoms with Crippen molar-refractivity contribution in [2.75, 3.05) is 13.2 Å². The second-order valence-electron chi connectivity index (χ2n) is 25.7. The molecule has 0 saturated heterocycles. The van der Waals surface area contributed by atoms with Crippen LogP contribution in [0, 0.1) is 11.8 Å². The van der Waals surface area contributed by atoms with Gasteiger partial charge in [-0.05, 0) is 115 Å². The van der Waals surface area contributed by atoms with E-state index < -0.39 is 61.0 Å². The fourth-order valence-corrected chi connectivity index (χ4v) is 12.0. The molecule has 79 heavy (non-hydrogen) atoms. The molecule has 2 aromatic rings. The number of hydrogen-bond acceptors (Lipinski definition) is 12. The van der Waals surface area contributed by atoms with Gasteiger partial charge in [-0.1, -0.05) is 162 Å². The summed E-state index contributed by atoms with van der Waals surface area (Å²) in [5.74, 6) is -1.06. The van der Waals surface area contributed by atoms with Crippen LogP contribution in [0.1, 0.15) is 147 Å². The quantitative estimate of drug-likeness (QED) is 0.0560. The van der Waals surface area contributed by atoms with Crippen molar-refractivity contribution in [3.05, 3.63) is 133 Å². The van der Waals surface area contributed by atoms with Crippen LogP contribution in [0.25, 0.3) is 0 Å². The van der Waals surface area contributed by atoms with Gasteiger partial charge in [0, 0.05) is 37.8 Å². The summed E-state index contributed by atoms with van der Waals surface area (Å²) in [6, 6.07) is 10.8. The van der Waals surface area contributed by atoms with Crippen molar-refractivity contribution in [2.45, 2.75) is 206 Å². The lowest BCUT2D eigenvalue weighted by Gasteiger charge is -2.41. The smallest absolute Gasteiger partial charge is 0.342 e. The first-order chi connectivity index (χ1) is 36.6. The summed E-state index contributed by atoms with van der Waals surface area (Å²) < 4.78 is 42.9. The third kappa shape index (κ3) is 21.4. The van der Waals surface area contributed by atoms with Crippen molar-refractivity contribution >= 4 is 48.8 Å². The maximum Gasteiger partial charge on any atom is 0.342 e. The van der Waals surface area contributed by atoms with E-state index in [1.807, 2.05) is 30.3 Å². The Morgan fingerprint density at radius 2 is 1.00 bits per heavy atom. The van der Waals surface area contributed by atoms with Gasteiger partial charge < -0.3 is 37.3 Å². The van der Waals surface area contributed by atoms with Crippen LogP contribution in [-0.4, -0.2) is 91.6 Å². The lowest BCUT2D eigenvalue weighted by molar-refractivity contribution is -0.137. The molecule has 1 N–H and O–H groups in total. The van der Waals surface area contributed by atoms with Crippen molar-refractivity contribution < 1.29 is 56.5 Å². The molecular weight excluding hydrogens is 1040 g/mol. The van der Waals surface area contributed by atoms with Crippen molar-refractivity contribution in [3.8, 4) is 11.5 Å². The van der Waals surface area contributed by atoms with Crippen LogP contribution in [0.5, 0.6) is 11.5 Å². The highest BCUT2D eigenvalue weighted by molar-refractivity contribution is 6.75. The monoisotopic (exact) mass is 1140 g/mol. The van der Waals surface area contributed by atoms with E-state index in [-0.39, 0.29) is 63.7 Å². The first-order valence-corrected chi connectivity index (χ1v) is 36.9. The van der Waals surface area contributed by atoms with Crippen LogP contribution in [0.4, 0.5) is 0 Å². The third-order valence-electron chi connectivity index (χ3n) is 16.1. The van der Waals surface area contributed by atoms with Crippen LogP contribution >= 0.6 is 0 Å². The standard InChI is InChI=1S/C35H56O6Si2.C29H42O6Si/c1-13-24-38-31(36)23-17-21-28-25-30(41-43(11,12)35(6,7)8)26(2)18-14-15-19-27-20-16-22-29(32(27)33(37)39-28)40-42(9,10)34(3,4)5;1-8-19-33-26(31)18-12-16-23-20-25(35-36(6,7)29(3,4)5)21(2)13-9-10-14-22-15-11-17-24(30)27(22)28(32)34-23/h13-17,20,22-23,26,28,30H,1,18-19,21,24-25H2,2-12H3;8-12,15,17-18,21,23,25,30H,1,13-14,16,19-20H2,2-7H3/b15-14+,23-17+;10-9+,18-12+/t26-,28-,30+;21-,23-,25+/m00/s1. The second-order valence-corrected chi connectivity index (χ2v) is 40.0. The van der Waals surface area contributed by atoms with Gasteiger partial charge in [-0.25, -0.2) is 19.2 Å². The molecular formula is C64H98O12Si3. The van der Waals surface area contributed by atoms with E-state index in [2.05, 4.69) is 147 Å². The zero-order valence-corrected chi connectivity index (χ0v) is 54.1. The fraction of sp³-hybridized carbons (Fsp3) is 0.562. The Morgan fingerprint density at radius 1 is 0.608 bits per heavy atom. The average molecular weight is 1140 g/mol. The summed E-state index contributed by atoms with van der Waals surface area (Å²) >= 11 is 0. The maximum atomic E-state index is 14.1. The number of cyclic esters (lactones) is 2. The zero-order valence-electron chi connectivity index (χ0n) is 51.1. The first-order valence-electron chi connectivity index (χ1n) is 28.2. The molecule has 0 aliphatic carbocycles. The van der Waals surface area contributed by atoms with Gasteiger partial charge in [0.15, 0.2) is 16.6 Å². The number of allylic oxidation sites excluding steroid dienone is 4. The molecule has 0 bridgehead atoms. The van der Waals surface area contributed by atoms with Gasteiger partial charge in [-0.15, -0.1) is 0 Å². The number of phenolic OH excluding ortho intramolecular Hbond substituents is 1. The molecule has 0 saturated carbocycles. The number of benzene rings is 2. The van der Waals surface area contributed by atoms with Gasteiger partial charge in [0.1, 0.15) is 48.0 Å². The van der Waals surface area contributed by atoms with Gasteiger partial charge in [0.2, 0.25) is 0 Å². The molecule has 4 rings (SSSR count). The number of hydrogen-bond donors (Lipinski definition) is 1. The van der Waals surface area contributed by atoms with Gasteiger partial charge in [0.25, 0.3) is 8.32 Å². The van der Waals surface area contributed by atoms with Gasteiger partial charge >= 0.3 is 23.9 Å². The van der Waals surface area contributed by atoms with Crippen LogP contribution in [-0.2, 0) is 50.2 Å². The molecule has 0 unspecified atom stereocenters. The zero-order chi connectivity index (χ0) is 59.6. The number of carbonyl (C=O) groups is 4. The van der Waals surface area contributed by atoms with E-state index in [1.165, 1.54) is 30.4 Å². The minimum Gasteiger partial charge on any atom is -0.543 e. The molecule has 0 amide bonds. The van der Waals surface area contributed by atoms with Crippen molar-refractivity contribution in [3.63, 3.8) is 0 Å². The number of rotatable bonds is 16. The average Bonchev–Trinajstić information content (AvgIpc) is 3.32. The summed E-state index contributed by atoms with van der Waals surface area (Å²) in [6.45, 7) is 44.9. The van der Waals surface area contributed by atoms with Crippen LogP contribution in [0.2, 0.25) is 54.4 Å². The first kappa shape index (κ1) is 68.2. The lowest BCUT2D eigenvalue weighted by Crippen LogP contribution is -2.46. The summed E-state index contributed by atoms with van der Waals surface area (Å²) in [5, 5.41) is 10.5. The minimum absolute atomic E-state index is 0.0258. The Bertz CT molecular complexity index is 2480. The van der Waals surface area contributed by atoms with Crippen molar-refractivity contribution in [2.24, 2.45) is 11.8 Å². The molecule has 438 valence electrons. The maximum absolute atomic E-state index is 14.1. The van der Waals surface area contributed by atoms with Gasteiger partial charge in [-0.2, -0.15) is 0 Å². The molecule has 6 atom stereocenters. The Balaban J connectivity index is 0.000000422. The molecule has 2 heterocycles. The molecule has 12 nitrogen and oxygen atoms in total. The third-order valence-corrected chi connectivity index (χ3v) is 29.5. The number of ether oxygens (including phenoxy) is 4. The van der Waals surface area contributed by atoms with Crippen LogP contribution in [0.3, 0.4) is 0 Å². The lowest BCUT2D eigenvalue weighted by atomic mass is 9.93. The molecule has 2 aromatic carbocycles. The SMILES string of the molecule is C=CCOC(=O)/C=C/C[C@H]1C[C@@H](O[Si](C)(C)C(C)(C)C)[C@@H](C)C/C=C/Cc2cccc(O)c2C(=O)O1.C=CCOC(=O)/C=C/C[C@H]1C[C@@H](O[Si](C)(C)C(C)(C)C)[C@@H](C)C/C=C/Cc2cccc(O[Si](C)(C)C(C)(C)C)c2C(=O)O1. The van der Waals surface area contributed by atoms with E-state index in [0.29, 0.717) is 55.4 Å². The summed E-state index contributed by atoms with van der Waals surface area (Å²) in [4.78, 5) is 51.4. The number of fused-ring (bicyclic) bond motifs is 2. The highest BCUT2D eigenvalue weighted by Gasteiger charge is 2.43. The Labute approximate surface area is 478 Å². The van der Waals surface area contributed by atoms with Crippen molar-refractivity contribution in [1.82, 2.24) is 0 Å². The number of carbonyl (C=O) groups excluding carboxylic acids is 4. The highest BCUT2D eigenvalue weighted by Crippen LogP contribution is 2.42. The number of esters is 4. The topological polar surface area (TPSA) is 153 Å². The molecule has 2 aliphatic heterocycles. The fourth-order valence-electron chi connectivity index (χ4n) is 8.07. The second kappa shape index (κ2) is 30.1. The molecule has 0 radical (unpaired) electrons. The molecule has 2 aliphatic rings. The Kier molecular flexibility index (Phi) is 26.0. The van der Waals surface area contributed by atoms with Crippen LogP contribution < -0.4 is 4.43 Å². The van der Waals surface area contributed by atoms with Crippen molar-refractivity contribution in [1.29, 1.82) is 0 Å². The number of phenols is 1. The summed E-state index contributed by atoms with van der Waals surface area (Å²) in [7, 11) is -6.48. The van der Waals surface area contributed by atoms with E-state index in [4.69, 9.17) is 32.2 Å². The van der Waals surface area contributed by atoms with Crippen LogP contribution in [0.15, 0.2) is 110 Å². The predicted molar refractivity (Wildman–Crippen MR) is 327 cm³/mol. The minimum atomic E-state index is -2.24. The largest absolute Gasteiger partial charge is 0.543 e. The highest BCUT2D eigenvalue weighted by atomic mass is 28.4. The van der Waals surface area contributed by atoms with Gasteiger partial charge in [-0.3, -0.25) is 0 Å². The molecule has 15 heteroatoms. The van der Waals surface area contributed by atoms with Gasteiger partial charge in [0.05, 0.1) is 12.2 Å². The Hall–Kier alpha value is -5.07. The predicted octanol–water partition coefficient (Wildman–Crippen LogP) is 15.7. The molecule has 0 aromatic heterocycles. The van der Waals surface area contributed by atoms with E-state index in [9.17, 15) is 24.3 Å². The number of aromatic hydroxyl groups is 1. The summed E-state index contributed by atoms with van der Waals surface area (Å²) in [6.07, 6.45) is 20.8. The van der Waals surface area contributed by atoms with E-state index >= 15 is 0 Å². The normalized spacial score (nSPS) is 22.1. The summed E-state index contributed by atoms with van der Waals surface area (Å²) in [5.41, 5.74) is 2.24. The van der Waals surface area contributed by atoms with E-state index in [0.717, 1.165) is 18.4 Å². The Morgan fingerprint density at radius 3 is 1.41 bits per heavy atom. The van der Waals surface area contributed by atoms with E-state index in [1.54, 1.807) is 18.2 Å². The molecule has 0 fully saturated rings. The molecule has 0 spiro atoms.